The topological polar surface area (TPSA) is 80.5 Å². The zero-order valence-corrected chi connectivity index (χ0v) is 13.2. The normalized spacial score (nSPS) is 20.8. The zero-order valence-electron chi connectivity index (χ0n) is 12.4. The summed E-state index contributed by atoms with van der Waals surface area (Å²) in [6.07, 6.45) is -4.43. The summed E-state index contributed by atoms with van der Waals surface area (Å²) < 4.78 is 60.6. The summed E-state index contributed by atoms with van der Waals surface area (Å²) in [5.41, 5.74) is -0.431. The van der Waals surface area contributed by atoms with Crippen LogP contribution in [0.2, 0.25) is 0 Å². The van der Waals surface area contributed by atoms with Crippen molar-refractivity contribution < 1.29 is 26.4 Å². The SMILES string of the molecule is CC(c1cccc(C(F)(F)F)c1)N1CC(CS(N)(=O)=O)CC1=O. The van der Waals surface area contributed by atoms with Crippen molar-refractivity contribution in [3.05, 3.63) is 35.4 Å². The van der Waals surface area contributed by atoms with Gasteiger partial charge in [0.05, 0.1) is 17.4 Å². The lowest BCUT2D eigenvalue weighted by Crippen LogP contribution is -2.30. The Morgan fingerprint density at radius 1 is 1.39 bits per heavy atom. The summed E-state index contributed by atoms with van der Waals surface area (Å²) in [5.74, 6) is -1.04. The number of sulfonamides is 1. The van der Waals surface area contributed by atoms with Crippen molar-refractivity contribution in [2.45, 2.75) is 25.6 Å². The number of nitrogens with zero attached hydrogens (tertiary/aromatic N) is 1. The number of hydrogen-bond acceptors (Lipinski definition) is 3. The summed E-state index contributed by atoms with van der Waals surface area (Å²) in [6, 6.07) is 4.20. The molecule has 1 aliphatic heterocycles. The van der Waals surface area contributed by atoms with Crippen LogP contribution in [0.15, 0.2) is 24.3 Å². The zero-order chi connectivity index (χ0) is 17.4. The first-order valence-corrected chi connectivity index (χ1v) is 8.66. The molecular weight excluding hydrogens is 333 g/mol. The quantitative estimate of drug-likeness (QED) is 0.901. The Hall–Kier alpha value is -1.61. The van der Waals surface area contributed by atoms with E-state index >= 15 is 0 Å². The highest BCUT2D eigenvalue weighted by molar-refractivity contribution is 7.89. The first-order valence-electron chi connectivity index (χ1n) is 6.94. The van der Waals surface area contributed by atoms with Crippen LogP contribution in [0, 0.1) is 5.92 Å². The van der Waals surface area contributed by atoms with Gasteiger partial charge in [-0.1, -0.05) is 12.1 Å². The van der Waals surface area contributed by atoms with Gasteiger partial charge < -0.3 is 4.90 Å². The highest BCUT2D eigenvalue weighted by Crippen LogP contribution is 2.33. The second-order valence-corrected chi connectivity index (χ2v) is 7.40. The van der Waals surface area contributed by atoms with Gasteiger partial charge in [0.25, 0.3) is 0 Å². The molecular formula is C14H17F3N2O3S. The van der Waals surface area contributed by atoms with E-state index in [0.717, 1.165) is 12.1 Å². The predicted molar refractivity (Wildman–Crippen MR) is 77.7 cm³/mol. The maximum absolute atomic E-state index is 12.8. The molecule has 1 aromatic carbocycles. The van der Waals surface area contributed by atoms with Gasteiger partial charge in [-0.05, 0) is 24.6 Å². The number of hydrogen-bond donors (Lipinski definition) is 1. The van der Waals surface area contributed by atoms with Crippen molar-refractivity contribution in [1.82, 2.24) is 4.90 Å². The van der Waals surface area contributed by atoms with Gasteiger partial charge in [-0.2, -0.15) is 13.2 Å². The number of halogens is 3. The van der Waals surface area contributed by atoms with Crippen LogP contribution >= 0.6 is 0 Å². The first-order chi connectivity index (χ1) is 10.5. The molecule has 0 radical (unpaired) electrons. The molecule has 0 aliphatic carbocycles. The van der Waals surface area contributed by atoms with Gasteiger partial charge in [0, 0.05) is 18.9 Å². The highest BCUT2D eigenvalue weighted by Gasteiger charge is 2.36. The summed E-state index contributed by atoms with van der Waals surface area (Å²) in [6.45, 7) is 1.78. The monoisotopic (exact) mass is 350 g/mol. The van der Waals surface area contributed by atoms with Gasteiger partial charge in [0.1, 0.15) is 0 Å². The molecule has 5 nitrogen and oxygen atoms in total. The van der Waals surface area contributed by atoms with Gasteiger partial charge >= 0.3 is 6.18 Å². The van der Waals surface area contributed by atoms with Crippen LogP contribution in [0.3, 0.4) is 0 Å². The van der Waals surface area contributed by atoms with Crippen molar-refractivity contribution in [3.8, 4) is 0 Å². The lowest BCUT2D eigenvalue weighted by Gasteiger charge is -2.26. The minimum atomic E-state index is -4.46. The van der Waals surface area contributed by atoms with Crippen LogP contribution in [-0.4, -0.2) is 31.5 Å². The molecule has 0 spiro atoms. The number of primary sulfonamides is 1. The number of carbonyl (C=O) groups is 1. The molecule has 2 rings (SSSR count). The molecule has 0 saturated carbocycles. The van der Waals surface area contributed by atoms with Crippen LogP contribution in [0.4, 0.5) is 13.2 Å². The largest absolute Gasteiger partial charge is 0.416 e. The molecule has 1 amide bonds. The van der Waals surface area contributed by atoms with Crippen LogP contribution < -0.4 is 5.14 Å². The van der Waals surface area contributed by atoms with Crippen LogP contribution in [0.25, 0.3) is 0 Å². The Morgan fingerprint density at radius 3 is 2.61 bits per heavy atom. The average molecular weight is 350 g/mol. The van der Waals surface area contributed by atoms with E-state index in [0.29, 0.717) is 5.56 Å². The van der Waals surface area contributed by atoms with Gasteiger partial charge in [0.2, 0.25) is 15.9 Å². The second kappa shape index (κ2) is 6.12. The summed E-state index contributed by atoms with van der Waals surface area (Å²) >= 11 is 0. The number of alkyl halides is 3. The van der Waals surface area contributed by atoms with Gasteiger partial charge in [-0.15, -0.1) is 0 Å². The third-order valence-electron chi connectivity index (χ3n) is 3.87. The molecule has 1 aliphatic rings. The molecule has 2 unspecified atom stereocenters. The number of rotatable bonds is 4. The molecule has 2 atom stereocenters. The van der Waals surface area contributed by atoms with E-state index in [2.05, 4.69) is 0 Å². The van der Waals surface area contributed by atoms with E-state index in [1.807, 2.05) is 0 Å². The maximum atomic E-state index is 12.8. The Bertz CT molecular complexity index is 703. The van der Waals surface area contributed by atoms with Crippen LogP contribution in [-0.2, 0) is 21.0 Å². The van der Waals surface area contributed by atoms with Gasteiger partial charge in [-0.3, -0.25) is 4.79 Å². The molecule has 0 bridgehead atoms. The molecule has 1 saturated heterocycles. The lowest BCUT2D eigenvalue weighted by molar-refractivity contribution is -0.137. The fourth-order valence-corrected chi connectivity index (χ4v) is 3.66. The van der Waals surface area contributed by atoms with Gasteiger partial charge in [0.15, 0.2) is 0 Å². The Morgan fingerprint density at radius 2 is 2.04 bits per heavy atom. The summed E-state index contributed by atoms with van der Waals surface area (Å²) in [4.78, 5) is 13.4. The van der Waals surface area contributed by atoms with Crippen molar-refractivity contribution in [2.75, 3.05) is 12.3 Å². The standard InChI is InChI=1S/C14H17F3N2O3S/c1-9(11-3-2-4-12(6-11)14(15,16)17)19-7-10(5-13(19)20)8-23(18,21)22/h2-4,6,9-10H,5,7-8H2,1H3,(H2,18,21,22). The van der Waals surface area contributed by atoms with E-state index in [1.54, 1.807) is 6.92 Å². The van der Waals surface area contributed by atoms with Crippen LogP contribution in [0.1, 0.15) is 30.5 Å². The Balaban J connectivity index is 2.18. The third kappa shape index (κ3) is 4.44. The third-order valence-corrected chi connectivity index (χ3v) is 4.81. The van der Waals surface area contributed by atoms with E-state index in [1.165, 1.54) is 17.0 Å². The van der Waals surface area contributed by atoms with Crippen LogP contribution in [0.5, 0.6) is 0 Å². The first kappa shape index (κ1) is 17.7. The molecule has 2 N–H and O–H groups in total. The smallest absolute Gasteiger partial charge is 0.336 e. The number of likely N-dealkylation sites (tertiary alicyclic amines) is 1. The van der Waals surface area contributed by atoms with Crippen molar-refractivity contribution in [2.24, 2.45) is 11.1 Å². The van der Waals surface area contributed by atoms with Gasteiger partial charge in [-0.25, -0.2) is 13.6 Å². The Labute approximate surface area is 132 Å². The minimum absolute atomic E-state index is 0.0275. The molecule has 128 valence electrons. The summed E-state index contributed by atoms with van der Waals surface area (Å²) in [7, 11) is -3.70. The molecule has 1 fully saturated rings. The molecule has 0 aromatic heterocycles. The predicted octanol–water partition coefficient (Wildman–Crippen LogP) is 1.90. The van der Waals surface area contributed by atoms with E-state index in [-0.39, 0.29) is 24.6 Å². The molecule has 1 aromatic rings. The fourth-order valence-electron chi connectivity index (χ4n) is 2.78. The number of nitrogens with two attached hydrogens (primary N) is 1. The fraction of sp³-hybridized carbons (Fsp3) is 0.500. The lowest BCUT2D eigenvalue weighted by atomic mass is 10.0. The summed E-state index contributed by atoms with van der Waals surface area (Å²) in [5, 5.41) is 4.98. The van der Waals surface area contributed by atoms with E-state index in [9.17, 15) is 26.4 Å². The maximum Gasteiger partial charge on any atom is 0.416 e. The molecule has 23 heavy (non-hydrogen) atoms. The number of benzene rings is 1. The van der Waals surface area contributed by atoms with Crippen molar-refractivity contribution in [3.63, 3.8) is 0 Å². The number of carbonyl (C=O) groups excluding carboxylic acids is 1. The van der Waals surface area contributed by atoms with E-state index < -0.39 is 33.7 Å². The minimum Gasteiger partial charge on any atom is -0.336 e. The van der Waals surface area contributed by atoms with Crippen molar-refractivity contribution >= 4 is 15.9 Å². The molecule has 9 heteroatoms. The average Bonchev–Trinajstić information content (AvgIpc) is 2.75. The Kier molecular flexibility index (Phi) is 4.72. The molecule has 1 heterocycles. The van der Waals surface area contributed by atoms with Crippen molar-refractivity contribution in [1.29, 1.82) is 0 Å². The second-order valence-electron chi connectivity index (χ2n) is 5.74. The number of amides is 1. The van der Waals surface area contributed by atoms with E-state index in [4.69, 9.17) is 5.14 Å². The highest BCUT2D eigenvalue weighted by atomic mass is 32.2.